The predicted molar refractivity (Wildman–Crippen MR) is 50.5 cm³/mol. The van der Waals surface area contributed by atoms with Gasteiger partial charge in [0.25, 0.3) is 0 Å². The third kappa shape index (κ3) is 2.14. The Balaban J connectivity index is 3.54. The zero-order chi connectivity index (χ0) is 14.0. The van der Waals surface area contributed by atoms with Gasteiger partial charge in [-0.2, -0.15) is 0 Å². The minimum absolute atomic E-state index is 0.400. The van der Waals surface area contributed by atoms with Crippen LogP contribution in [0.15, 0.2) is 23.0 Å². The lowest BCUT2D eigenvalue weighted by Gasteiger charge is -2.20. The van der Waals surface area contributed by atoms with Crippen LogP contribution in [0.3, 0.4) is 0 Å². The van der Waals surface area contributed by atoms with Crippen LogP contribution in [0, 0.1) is 0 Å². The van der Waals surface area contributed by atoms with Crippen molar-refractivity contribution >= 4 is 23.9 Å². The highest BCUT2D eigenvalue weighted by molar-refractivity contribution is 6.13. The van der Waals surface area contributed by atoms with E-state index in [4.69, 9.17) is 20.4 Å². The Morgan fingerprint density at radius 2 is 1.50 bits per heavy atom. The molecule has 0 spiro atoms. The van der Waals surface area contributed by atoms with E-state index < -0.39 is 46.7 Å². The van der Waals surface area contributed by atoms with Gasteiger partial charge in [-0.15, -0.1) is 0 Å². The molecule has 1 aliphatic rings. The van der Waals surface area contributed by atoms with Gasteiger partial charge in [0.1, 0.15) is 17.4 Å². The molecule has 96 valence electrons. The number of rotatable bonds is 4. The molecular formula is C9H6O9. The van der Waals surface area contributed by atoms with Crippen LogP contribution in [0.2, 0.25) is 0 Å². The van der Waals surface area contributed by atoms with Crippen LogP contribution in [0.5, 0.6) is 0 Å². The van der Waals surface area contributed by atoms with Crippen LogP contribution in [-0.4, -0.2) is 50.4 Å². The molecule has 0 aromatic carbocycles. The fourth-order valence-electron chi connectivity index (χ4n) is 1.33. The molecule has 9 heteroatoms. The highest BCUT2D eigenvalue weighted by atomic mass is 16.5. The van der Waals surface area contributed by atoms with E-state index in [0.717, 1.165) is 0 Å². The van der Waals surface area contributed by atoms with Gasteiger partial charge in [-0.05, 0) is 0 Å². The van der Waals surface area contributed by atoms with Gasteiger partial charge in [0.05, 0.1) is 5.57 Å². The van der Waals surface area contributed by atoms with Gasteiger partial charge >= 0.3 is 23.9 Å². The molecule has 0 radical (unpaired) electrons. The molecule has 1 atom stereocenters. The summed E-state index contributed by atoms with van der Waals surface area (Å²) in [7, 11) is 0. The third-order valence-electron chi connectivity index (χ3n) is 2.02. The van der Waals surface area contributed by atoms with Crippen molar-refractivity contribution in [2.24, 2.45) is 0 Å². The SMILES string of the molecule is O=C(O)C1=COC(C(=O)O)C(C(=O)O)=C1C(=O)O. The number of carboxylic acids is 4. The first-order chi connectivity index (χ1) is 8.27. The highest BCUT2D eigenvalue weighted by Gasteiger charge is 2.40. The average Bonchev–Trinajstić information content (AvgIpc) is 2.26. The second-order valence-electron chi connectivity index (χ2n) is 3.09. The second kappa shape index (κ2) is 4.57. The molecule has 0 amide bonds. The smallest absolute Gasteiger partial charge is 0.349 e. The summed E-state index contributed by atoms with van der Waals surface area (Å²) in [6.45, 7) is 0. The molecular weight excluding hydrogens is 252 g/mol. The van der Waals surface area contributed by atoms with E-state index in [2.05, 4.69) is 4.74 Å². The van der Waals surface area contributed by atoms with Gasteiger partial charge in [-0.1, -0.05) is 0 Å². The average molecular weight is 258 g/mol. The largest absolute Gasteiger partial charge is 0.480 e. The lowest BCUT2D eigenvalue weighted by molar-refractivity contribution is -0.149. The van der Waals surface area contributed by atoms with Gasteiger partial charge in [-0.25, -0.2) is 19.2 Å². The zero-order valence-electron chi connectivity index (χ0n) is 8.48. The van der Waals surface area contributed by atoms with E-state index >= 15 is 0 Å². The van der Waals surface area contributed by atoms with Crippen molar-refractivity contribution in [3.05, 3.63) is 23.0 Å². The van der Waals surface area contributed by atoms with E-state index in [9.17, 15) is 19.2 Å². The lowest BCUT2D eigenvalue weighted by atomic mass is 9.94. The summed E-state index contributed by atoms with van der Waals surface area (Å²) in [6.07, 6.45) is -1.67. The van der Waals surface area contributed by atoms with E-state index in [1.165, 1.54) is 0 Å². The second-order valence-corrected chi connectivity index (χ2v) is 3.09. The molecule has 0 fully saturated rings. The Bertz CT molecular complexity index is 510. The molecule has 0 saturated carbocycles. The molecule has 1 unspecified atom stereocenters. The lowest BCUT2D eigenvalue weighted by Crippen LogP contribution is -2.35. The highest BCUT2D eigenvalue weighted by Crippen LogP contribution is 2.26. The number of aliphatic carboxylic acids is 4. The van der Waals surface area contributed by atoms with E-state index in [0.29, 0.717) is 6.26 Å². The molecule has 1 aliphatic heterocycles. The number of hydrogen-bond donors (Lipinski definition) is 4. The normalized spacial score (nSPS) is 18.7. The Morgan fingerprint density at radius 3 is 1.83 bits per heavy atom. The molecule has 18 heavy (non-hydrogen) atoms. The minimum atomic E-state index is -2.07. The van der Waals surface area contributed by atoms with Crippen molar-refractivity contribution in [3.63, 3.8) is 0 Å². The molecule has 0 bridgehead atoms. The maximum Gasteiger partial charge on any atom is 0.349 e. The molecule has 0 aromatic rings. The van der Waals surface area contributed by atoms with Gasteiger partial charge in [0.15, 0.2) is 0 Å². The van der Waals surface area contributed by atoms with Gasteiger partial charge < -0.3 is 25.2 Å². The van der Waals surface area contributed by atoms with Crippen LogP contribution in [0.25, 0.3) is 0 Å². The number of carbonyl (C=O) groups is 4. The summed E-state index contributed by atoms with van der Waals surface area (Å²) in [4.78, 5) is 43.2. The molecule has 0 aromatic heterocycles. The summed E-state index contributed by atoms with van der Waals surface area (Å²) in [5.41, 5.74) is -3.19. The standard InChI is InChI=1S/C9H6O9/c10-6(11)2-1-18-5(9(16)17)4(8(14)15)3(2)7(12)13/h1,5H,(H,10,11)(H,12,13)(H,14,15)(H,16,17). The number of carboxylic acid groups (broad SMARTS) is 4. The van der Waals surface area contributed by atoms with Crippen molar-refractivity contribution in [2.75, 3.05) is 0 Å². The zero-order valence-corrected chi connectivity index (χ0v) is 8.48. The first-order valence-corrected chi connectivity index (χ1v) is 4.30. The van der Waals surface area contributed by atoms with Gasteiger partial charge in [0, 0.05) is 0 Å². The topological polar surface area (TPSA) is 158 Å². The van der Waals surface area contributed by atoms with E-state index in [1.54, 1.807) is 0 Å². The fourth-order valence-corrected chi connectivity index (χ4v) is 1.33. The first-order valence-electron chi connectivity index (χ1n) is 4.30. The van der Waals surface area contributed by atoms with Crippen molar-refractivity contribution < 1.29 is 44.3 Å². The van der Waals surface area contributed by atoms with E-state index in [1.807, 2.05) is 0 Å². The van der Waals surface area contributed by atoms with Crippen molar-refractivity contribution in [1.82, 2.24) is 0 Å². The van der Waals surface area contributed by atoms with Crippen LogP contribution < -0.4 is 0 Å². The van der Waals surface area contributed by atoms with Crippen LogP contribution in [-0.2, 0) is 23.9 Å². The third-order valence-corrected chi connectivity index (χ3v) is 2.02. The Kier molecular flexibility index (Phi) is 3.36. The monoisotopic (exact) mass is 258 g/mol. The molecule has 1 heterocycles. The quantitative estimate of drug-likeness (QED) is 0.491. The van der Waals surface area contributed by atoms with Crippen LogP contribution >= 0.6 is 0 Å². The first kappa shape index (κ1) is 13.2. The van der Waals surface area contributed by atoms with Crippen LogP contribution in [0.1, 0.15) is 0 Å². The number of hydrogen-bond acceptors (Lipinski definition) is 5. The summed E-state index contributed by atoms with van der Waals surface area (Å²) in [6, 6.07) is 0. The summed E-state index contributed by atoms with van der Waals surface area (Å²) in [5, 5.41) is 35.0. The molecule has 0 saturated heterocycles. The summed E-state index contributed by atoms with van der Waals surface area (Å²) >= 11 is 0. The van der Waals surface area contributed by atoms with Crippen molar-refractivity contribution in [2.45, 2.75) is 6.10 Å². The van der Waals surface area contributed by atoms with Crippen LogP contribution in [0.4, 0.5) is 0 Å². The van der Waals surface area contributed by atoms with Gasteiger partial charge in [0.2, 0.25) is 6.10 Å². The van der Waals surface area contributed by atoms with Crippen molar-refractivity contribution in [3.8, 4) is 0 Å². The Morgan fingerprint density at radius 1 is 0.944 bits per heavy atom. The molecule has 4 N–H and O–H groups in total. The molecule has 1 rings (SSSR count). The Labute approximate surface area is 98.2 Å². The van der Waals surface area contributed by atoms with Gasteiger partial charge in [-0.3, -0.25) is 0 Å². The van der Waals surface area contributed by atoms with E-state index in [-0.39, 0.29) is 0 Å². The fraction of sp³-hybridized carbons (Fsp3) is 0.111. The summed E-state index contributed by atoms with van der Waals surface area (Å²) in [5.74, 6) is -7.23. The van der Waals surface area contributed by atoms with Crippen molar-refractivity contribution in [1.29, 1.82) is 0 Å². The predicted octanol–water partition coefficient (Wildman–Crippen LogP) is -1.10. The maximum absolute atomic E-state index is 10.9. The maximum atomic E-state index is 10.9. The molecule has 0 aliphatic carbocycles. The Hall–Kier alpha value is -2.84. The summed E-state index contributed by atoms with van der Waals surface area (Å²) < 4.78 is 4.42. The number of ether oxygens (including phenoxy) is 1. The minimum Gasteiger partial charge on any atom is -0.480 e. The molecule has 9 nitrogen and oxygen atoms in total.